The smallest absolute Gasteiger partial charge is 0.323 e. The van der Waals surface area contributed by atoms with Crippen LogP contribution in [0.4, 0.5) is 0 Å². The van der Waals surface area contributed by atoms with E-state index in [9.17, 15) is 29.1 Å². The Morgan fingerprint density at radius 1 is 1.17 bits per heavy atom. The lowest BCUT2D eigenvalue weighted by molar-refractivity contribution is -0.138. The summed E-state index contributed by atoms with van der Waals surface area (Å²) in [5, 5.41) is 11.4. The Kier molecular flexibility index (Phi) is 4.81. The van der Waals surface area contributed by atoms with Crippen molar-refractivity contribution in [1.29, 1.82) is 0 Å². The number of fused-ring (bicyclic) bond motifs is 1. The zero-order valence-electron chi connectivity index (χ0n) is 15.7. The highest BCUT2D eigenvalue weighted by molar-refractivity contribution is 6.08. The highest BCUT2D eigenvalue weighted by atomic mass is 16.4. The molecule has 1 atom stereocenters. The molecule has 1 saturated carbocycles. The number of rotatable bonds is 6. The third-order valence-electron chi connectivity index (χ3n) is 5.60. The molecule has 1 unspecified atom stereocenters. The van der Waals surface area contributed by atoms with Crippen molar-refractivity contribution in [3.8, 4) is 0 Å². The van der Waals surface area contributed by atoms with Crippen molar-refractivity contribution in [1.82, 2.24) is 15.1 Å². The van der Waals surface area contributed by atoms with Gasteiger partial charge in [-0.15, -0.1) is 0 Å². The van der Waals surface area contributed by atoms with Gasteiger partial charge in [0.2, 0.25) is 11.8 Å². The molecule has 4 rings (SSSR count). The molecular formula is C20H21N3O6. The second kappa shape index (κ2) is 7.31. The standard InChI is InChI=1S/C20H21N3O6/c24-16-7-6-15(18(27)21-16)23-9-14-12(2-1-3-13(14)20(23)29)19(28)22(10-17(25)26)8-11-4-5-11/h1-3,11,15H,4-10H2,(H,25,26)(H,21,24,27). The molecule has 152 valence electrons. The Morgan fingerprint density at radius 2 is 1.93 bits per heavy atom. The van der Waals surface area contributed by atoms with Crippen LogP contribution in [-0.2, 0) is 20.9 Å². The number of amides is 4. The van der Waals surface area contributed by atoms with Gasteiger partial charge in [-0.1, -0.05) is 6.07 Å². The number of carbonyl (C=O) groups excluding carboxylic acids is 4. The van der Waals surface area contributed by atoms with Gasteiger partial charge < -0.3 is 14.9 Å². The van der Waals surface area contributed by atoms with Crippen LogP contribution in [0.1, 0.15) is 52.0 Å². The molecule has 0 radical (unpaired) electrons. The average Bonchev–Trinajstić information content (AvgIpc) is 3.42. The van der Waals surface area contributed by atoms with Crippen molar-refractivity contribution in [3.63, 3.8) is 0 Å². The summed E-state index contributed by atoms with van der Waals surface area (Å²) in [7, 11) is 0. The maximum atomic E-state index is 13.1. The van der Waals surface area contributed by atoms with E-state index < -0.39 is 30.4 Å². The van der Waals surface area contributed by atoms with Gasteiger partial charge in [-0.05, 0) is 42.9 Å². The average molecular weight is 399 g/mol. The van der Waals surface area contributed by atoms with Crippen molar-refractivity contribution in [2.75, 3.05) is 13.1 Å². The molecule has 3 aliphatic rings. The van der Waals surface area contributed by atoms with Crippen molar-refractivity contribution in [2.24, 2.45) is 5.92 Å². The summed E-state index contributed by atoms with van der Waals surface area (Å²) in [6.07, 6.45) is 2.33. The van der Waals surface area contributed by atoms with Crippen molar-refractivity contribution in [3.05, 3.63) is 34.9 Å². The Labute approximate surface area is 166 Å². The van der Waals surface area contributed by atoms with Crippen LogP contribution in [0.5, 0.6) is 0 Å². The molecule has 0 aromatic heterocycles. The fourth-order valence-electron chi connectivity index (χ4n) is 3.95. The van der Waals surface area contributed by atoms with Gasteiger partial charge >= 0.3 is 5.97 Å². The zero-order valence-corrected chi connectivity index (χ0v) is 15.7. The number of nitrogens with one attached hydrogen (secondary N) is 1. The number of imide groups is 1. The van der Waals surface area contributed by atoms with E-state index in [1.54, 1.807) is 18.2 Å². The summed E-state index contributed by atoms with van der Waals surface area (Å²) in [5.41, 5.74) is 1.12. The highest BCUT2D eigenvalue weighted by Crippen LogP contribution is 2.33. The van der Waals surface area contributed by atoms with Crippen LogP contribution in [0.3, 0.4) is 0 Å². The van der Waals surface area contributed by atoms with Gasteiger partial charge in [-0.3, -0.25) is 29.3 Å². The van der Waals surface area contributed by atoms with E-state index in [0.717, 1.165) is 12.8 Å². The minimum atomic E-state index is -1.09. The molecule has 2 fully saturated rings. The minimum absolute atomic E-state index is 0.0761. The fraction of sp³-hybridized carbons (Fsp3) is 0.450. The van der Waals surface area contributed by atoms with E-state index >= 15 is 0 Å². The predicted octanol–water partition coefficient (Wildman–Crippen LogP) is 0.384. The van der Waals surface area contributed by atoms with Gasteiger partial charge in [0.15, 0.2) is 0 Å². The van der Waals surface area contributed by atoms with E-state index in [-0.39, 0.29) is 36.8 Å². The van der Waals surface area contributed by atoms with E-state index in [1.807, 2.05) is 0 Å². The number of benzene rings is 1. The molecule has 1 aliphatic carbocycles. The minimum Gasteiger partial charge on any atom is -0.480 e. The first-order chi connectivity index (χ1) is 13.8. The van der Waals surface area contributed by atoms with Gasteiger partial charge in [-0.25, -0.2) is 0 Å². The number of carboxylic acid groups (broad SMARTS) is 1. The molecule has 0 bridgehead atoms. The first kappa shape index (κ1) is 19.1. The number of hydrogen-bond donors (Lipinski definition) is 2. The van der Waals surface area contributed by atoms with E-state index in [1.165, 1.54) is 9.80 Å². The summed E-state index contributed by atoms with van der Waals surface area (Å²) in [4.78, 5) is 63.5. The van der Waals surface area contributed by atoms with Gasteiger partial charge in [0.1, 0.15) is 12.6 Å². The van der Waals surface area contributed by atoms with Crippen LogP contribution in [0.2, 0.25) is 0 Å². The van der Waals surface area contributed by atoms with Crippen molar-refractivity contribution < 1.29 is 29.1 Å². The van der Waals surface area contributed by atoms with Gasteiger partial charge in [0.25, 0.3) is 11.8 Å². The molecule has 1 saturated heterocycles. The van der Waals surface area contributed by atoms with Gasteiger partial charge in [0.05, 0.1) is 0 Å². The lowest BCUT2D eigenvalue weighted by Gasteiger charge is -2.29. The molecule has 1 aromatic rings. The summed E-state index contributed by atoms with van der Waals surface area (Å²) in [6.45, 7) is 0.0517. The molecule has 29 heavy (non-hydrogen) atoms. The maximum absolute atomic E-state index is 13.1. The largest absolute Gasteiger partial charge is 0.480 e. The number of hydrogen-bond acceptors (Lipinski definition) is 5. The van der Waals surface area contributed by atoms with E-state index in [2.05, 4.69) is 5.32 Å². The molecule has 2 aliphatic heterocycles. The summed E-state index contributed by atoms with van der Waals surface area (Å²) < 4.78 is 0. The van der Waals surface area contributed by atoms with Crippen LogP contribution < -0.4 is 5.32 Å². The van der Waals surface area contributed by atoms with Crippen molar-refractivity contribution >= 4 is 29.6 Å². The van der Waals surface area contributed by atoms with Crippen LogP contribution in [-0.4, -0.2) is 63.6 Å². The third-order valence-corrected chi connectivity index (χ3v) is 5.60. The Morgan fingerprint density at radius 3 is 2.59 bits per heavy atom. The first-order valence-corrected chi connectivity index (χ1v) is 9.62. The Bertz CT molecular complexity index is 923. The Balaban J connectivity index is 1.60. The quantitative estimate of drug-likeness (QED) is 0.667. The van der Waals surface area contributed by atoms with Crippen LogP contribution in [0.25, 0.3) is 0 Å². The monoisotopic (exact) mass is 399 g/mol. The second-order valence-electron chi connectivity index (χ2n) is 7.75. The van der Waals surface area contributed by atoms with Gasteiger partial charge in [0, 0.05) is 30.6 Å². The summed E-state index contributed by atoms with van der Waals surface area (Å²) >= 11 is 0. The molecule has 9 nitrogen and oxygen atoms in total. The number of carbonyl (C=O) groups is 5. The molecular weight excluding hydrogens is 378 g/mol. The lowest BCUT2D eigenvalue weighted by atomic mass is 10.0. The predicted molar refractivity (Wildman–Crippen MR) is 98.8 cm³/mol. The lowest BCUT2D eigenvalue weighted by Crippen LogP contribution is -2.52. The second-order valence-corrected chi connectivity index (χ2v) is 7.75. The third kappa shape index (κ3) is 3.72. The highest BCUT2D eigenvalue weighted by Gasteiger charge is 2.41. The molecule has 2 heterocycles. The van der Waals surface area contributed by atoms with E-state index in [0.29, 0.717) is 23.6 Å². The van der Waals surface area contributed by atoms with Crippen LogP contribution in [0, 0.1) is 5.92 Å². The number of piperidine rings is 1. The maximum Gasteiger partial charge on any atom is 0.323 e. The fourth-order valence-corrected chi connectivity index (χ4v) is 3.95. The van der Waals surface area contributed by atoms with Crippen molar-refractivity contribution in [2.45, 2.75) is 38.3 Å². The molecule has 9 heteroatoms. The number of carboxylic acids is 1. The first-order valence-electron chi connectivity index (χ1n) is 9.62. The molecule has 1 aromatic carbocycles. The molecule has 0 spiro atoms. The molecule has 4 amide bonds. The zero-order chi connectivity index (χ0) is 20.7. The van der Waals surface area contributed by atoms with Gasteiger partial charge in [-0.2, -0.15) is 0 Å². The van der Waals surface area contributed by atoms with Crippen LogP contribution in [0.15, 0.2) is 18.2 Å². The summed E-state index contributed by atoms with van der Waals surface area (Å²) in [6, 6.07) is 4.01. The van der Waals surface area contributed by atoms with E-state index in [4.69, 9.17) is 0 Å². The number of aliphatic carboxylic acids is 1. The molecule has 2 N–H and O–H groups in total. The normalized spacial score (nSPS) is 21.0. The SMILES string of the molecule is O=C(O)CN(CC1CC1)C(=O)c1cccc2c1CN(C1CCC(=O)NC1=O)C2=O. The summed E-state index contributed by atoms with van der Waals surface area (Å²) in [5.74, 6) is -2.44. The Hall–Kier alpha value is -3.23. The van der Waals surface area contributed by atoms with Crippen LogP contribution >= 0.6 is 0 Å². The topological polar surface area (TPSA) is 124 Å². The number of nitrogens with zero attached hydrogens (tertiary/aromatic N) is 2.